The van der Waals surface area contributed by atoms with Crippen LogP contribution in [0.3, 0.4) is 0 Å². The van der Waals surface area contributed by atoms with Crippen molar-refractivity contribution in [1.82, 2.24) is 24.2 Å². The van der Waals surface area contributed by atoms with Gasteiger partial charge in [-0.1, -0.05) is 0 Å². The number of halogens is 3. The van der Waals surface area contributed by atoms with Crippen molar-refractivity contribution < 1.29 is 36.5 Å². The maximum Gasteiger partial charge on any atom is 0.416 e. The molecule has 0 spiro atoms. The van der Waals surface area contributed by atoms with Gasteiger partial charge in [0.05, 0.1) is 22.9 Å². The van der Waals surface area contributed by atoms with Gasteiger partial charge in [0.1, 0.15) is 24.1 Å². The van der Waals surface area contributed by atoms with Crippen LogP contribution >= 0.6 is 11.8 Å². The molecule has 1 aromatic carbocycles. The molecule has 1 aliphatic heterocycles. The number of nitrogens with two attached hydrogens (primary N) is 1. The molecule has 1 aliphatic rings. The fraction of sp³-hybridized carbons (Fsp3) is 0.421. The van der Waals surface area contributed by atoms with Crippen molar-refractivity contribution in [1.29, 1.82) is 0 Å². The first-order valence-corrected chi connectivity index (χ1v) is 12.8. The first kappa shape index (κ1) is 25.6. The molecule has 4 atom stereocenters. The second kappa shape index (κ2) is 9.87. The Labute approximate surface area is 201 Å². The third-order valence-corrected chi connectivity index (χ3v) is 7.84. The fourth-order valence-electron chi connectivity index (χ4n) is 3.51. The van der Waals surface area contributed by atoms with Gasteiger partial charge in [-0.25, -0.2) is 28.1 Å². The van der Waals surface area contributed by atoms with E-state index in [0.717, 1.165) is 12.1 Å². The van der Waals surface area contributed by atoms with Crippen LogP contribution in [0, 0.1) is 0 Å². The zero-order valence-electron chi connectivity index (χ0n) is 17.8. The lowest BCUT2D eigenvalue weighted by atomic mass is 10.1. The van der Waals surface area contributed by atoms with Crippen LogP contribution in [0.15, 0.2) is 41.8 Å². The zero-order valence-corrected chi connectivity index (χ0v) is 19.5. The van der Waals surface area contributed by atoms with E-state index in [2.05, 4.69) is 19.7 Å². The summed E-state index contributed by atoms with van der Waals surface area (Å²) < 4.78 is 72.1. The Morgan fingerprint density at radius 3 is 2.54 bits per heavy atom. The average molecular weight is 535 g/mol. The van der Waals surface area contributed by atoms with Crippen LogP contribution in [-0.4, -0.2) is 74.5 Å². The average Bonchev–Trinajstić information content (AvgIpc) is 3.35. The second-order valence-electron chi connectivity index (χ2n) is 7.62. The van der Waals surface area contributed by atoms with Crippen molar-refractivity contribution in [2.24, 2.45) is 0 Å². The number of thioether (sulfide) groups is 1. The molecule has 0 saturated carbocycles. The molecule has 2 aromatic heterocycles. The number of alkyl halides is 3. The van der Waals surface area contributed by atoms with Gasteiger partial charge in [0.2, 0.25) is 10.0 Å². The molecule has 0 aliphatic carbocycles. The molecule has 16 heteroatoms. The molecule has 0 radical (unpaired) electrons. The number of nitrogens with one attached hydrogen (secondary N) is 1. The molecule has 1 fully saturated rings. The highest BCUT2D eigenvalue weighted by Gasteiger charge is 2.44. The standard InChI is InChI=1S/C19H21F3N6O5S2/c20-19(21,22)10-1-3-11(4-2-10)35(31,32)27-5-6-34-7-12-14(29)15(30)18(33-12)28-9-26-13-16(23)24-8-25-17(13)28/h1-4,8-9,12,14-15,18,27,29-30H,5-7H2,(H2,23,24,25)/t12-,14-,15-,18-/m1/s1. The van der Waals surface area contributed by atoms with E-state index in [0.29, 0.717) is 23.3 Å². The van der Waals surface area contributed by atoms with Gasteiger partial charge in [-0.3, -0.25) is 4.57 Å². The van der Waals surface area contributed by atoms with E-state index in [1.54, 1.807) is 0 Å². The number of anilines is 1. The molecule has 1 saturated heterocycles. The first-order chi connectivity index (χ1) is 16.5. The van der Waals surface area contributed by atoms with Crippen LogP contribution in [0.2, 0.25) is 0 Å². The van der Waals surface area contributed by atoms with Gasteiger partial charge < -0.3 is 20.7 Å². The number of hydrogen-bond donors (Lipinski definition) is 4. The topological polar surface area (TPSA) is 165 Å². The number of aromatic nitrogens is 4. The van der Waals surface area contributed by atoms with Crippen LogP contribution in [0.4, 0.5) is 19.0 Å². The van der Waals surface area contributed by atoms with E-state index in [1.165, 1.54) is 29.0 Å². The number of sulfonamides is 1. The van der Waals surface area contributed by atoms with Crippen molar-refractivity contribution >= 4 is 38.8 Å². The van der Waals surface area contributed by atoms with E-state index in [9.17, 15) is 31.8 Å². The van der Waals surface area contributed by atoms with E-state index >= 15 is 0 Å². The molecular weight excluding hydrogens is 513 g/mol. The highest BCUT2D eigenvalue weighted by molar-refractivity contribution is 7.99. The number of aliphatic hydroxyl groups is 2. The summed E-state index contributed by atoms with van der Waals surface area (Å²) in [5, 5.41) is 20.9. The quantitative estimate of drug-likeness (QED) is 0.303. The minimum atomic E-state index is -4.56. The number of nitrogen functional groups attached to an aromatic ring is 1. The molecule has 190 valence electrons. The van der Waals surface area contributed by atoms with E-state index < -0.39 is 46.3 Å². The summed E-state index contributed by atoms with van der Waals surface area (Å²) in [5.41, 5.74) is 5.49. The van der Waals surface area contributed by atoms with Crippen molar-refractivity contribution in [3.63, 3.8) is 0 Å². The van der Waals surface area contributed by atoms with Crippen molar-refractivity contribution in [3.8, 4) is 0 Å². The summed E-state index contributed by atoms with van der Waals surface area (Å²) in [4.78, 5) is 11.8. The van der Waals surface area contributed by atoms with Gasteiger partial charge in [-0.2, -0.15) is 24.9 Å². The number of aliphatic hydroxyl groups excluding tert-OH is 2. The lowest BCUT2D eigenvalue weighted by Crippen LogP contribution is -2.33. The van der Waals surface area contributed by atoms with Gasteiger partial charge >= 0.3 is 6.18 Å². The molecular formula is C19H21F3N6O5S2. The molecule has 0 unspecified atom stereocenters. The van der Waals surface area contributed by atoms with Crippen molar-refractivity contribution in [2.45, 2.75) is 35.6 Å². The van der Waals surface area contributed by atoms with E-state index in [1.807, 2.05) is 0 Å². The third-order valence-electron chi connectivity index (χ3n) is 5.31. The van der Waals surface area contributed by atoms with Gasteiger partial charge in [0.15, 0.2) is 17.7 Å². The molecule has 3 heterocycles. The highest BCUT2D eigenvalue weighted by atomic mass is 32.2. The molecule has 3 aromatic rings. The van der Waals surface area contributed by atoms with E-state index in [4.69, 9.17) is 10.5 Å². The van der Waals surface area contributed by atoms with Crippen molar-refractivity contribution in [2.75, 3.05) is 23.8 Å². The number of hydrogen-bond acceptors (Lipinski definition) is 10. The monoisotopic (exact) mass is 534 g/mol. The van der Waals surface area contributed by atoms with Gasteiger partial charge in [0, 0.05) is 18.1 Å². The van der Waals surface area contributed by atoms with Crippen LogP contribution in [0.5, 0.6) is 0 Å². The summed E-state index contributed by atoms with van der Waals surface area (Å²) in [5.74, 6) is 0.679. The Morgan fingerprint density at radius 2 is 1.86 bits per heavy atom. The minimum Gasteiger partial charge on any atom is -0.387 e. The van der Waals surface area contributed by atoms with Gasteiger partial charge in [0.25, 0.3) is 0 Å². The lowest BCUT2D eigenvalue weighted by molar-refractivity contribution is -0.137. The molecule has 0 amide bonds. The SMILES string of the molecule is Nc1ncnc2c1ncn2[C@@H]1O[C@H](CSCCNS(=O)(=O)c2ccc(C(F)(F)F)cc2)[C@@H](O)[C@H]1O. The second-order valence-corrected chi connectivity index (χ2v) is 10.5. The summed E-state index contributed by atoms with van der Waals surface area (Å²) >= 11 is 1.26. The van der Waals surface area contributed by atoms with Crippen LogP contribution < -0.4 is 10.5 Å². The van der Waals surface area contributed by atoms with E-state index in [-0.39, 0.29) is 28.8 Å². The lowest BCUT2D eigenvalue weighted by Gasteiger charge is -2.16. The number of fused-ring (bicyclic) bond motifs is 1. The van der Waals surface area contributed by atoms with Crippen molar-refractivity contribution in [3.05, 3.63) is 42.5 Å². The fourth-order valence-corrected chi connectivity index (χ4v) is 5.59. The minimum absolute atomic E-state index is 0.00876. The number of rotatable bonds is 8. The van der Waals surface area contributed by atoms with Crippen LogP contribution in [0.1, 0.15) is 11.8 Å². The number of imidazole rings is 1. The molecule has 0 bridgehead atoms. The summed E-state index contributed by atoms with van der Waals surface area (Å²) in [6.07, 6.45) is -6.15. The Hall–Kier alpha value is -2.50. The maximum absolute atomic E-state index is 12.6. The number of nitrogens with zero attached hydrogens (tertiary/aromatic N) is 4. The largest absolute Gasteiger partial charge is 0.416 e. The Balaban J connectivity index is 1.29. The Kier molecular flexibility index (Phi) is 7.21. The molecule has 4 rings (SSSR count). The molecule has 11 nitrogen and oxygen atoms in total. The zero-order chi connectivity index (χ0) is 25.4. The summed E-state index contributed by atoms with van der Waals surface area (Å²) in [6, 6.07) is 3.18. The first-order valence-electron chi connectivity index (χ1n) is 10.2. The van der Waals surface area contributed by atoms with Crippen LogP contribution in [0.25, 0.3) is 11.2 Å². The third kappa shape index (κ3) is 5.36. The summed E-state index contributed by atoms with van der Waals surface area (Å²) in [6.45, 7) is -0.00876. The Morgan fingerprint density at radius 1 is 1.14 bits per heavy atom. The smallest absolute Gasteiger partial charge is 0.387 e. The maximum atomic E-state index is 12.6. The van der Waals surface area contributed by atoms with Gasteiger partial charge in [-0.15, -0.1) is 0 Å². The summed E-state index contributed by atoms with van der Waals surface area (Å²) in [7, 11) is -3.99. The number of ether oxygens (including phenoxy) is 1. The number of benzene rings is 1. The van der Waals surface area contributed by atoms with Crippen LogP contribution in [-0.2, 0) is 20.9 Å². The molecule has 35 heavy (non-hydrogen) atoms. The normalized spacial score (nSPS) is 23.2. The highest BCUT2D eigenvalue weighted by Crippen LogP contribution is 2.33. The molecule has 5 N–H and O–H groups in total. The Bertz CT molecular complexity index is 1290. The predicted octanol–water partition coefficient (Wildman–Crippen LogP) is 0.758. The predicted molar refractivity (Wildman–Crippen MR) is 120 cm³/mol. The van der Waals surface area contributed by atoms with Gasteiger partial charge in [-0.05, 0) is 24.3 Å².